The van der Waals surface area contributed by atoms with Crippen molar-refractivity contribution in [2.24, 2.45) is 11.8 Å². The molecule has 1 aromatic rings. The van der Waals surface area contributed by atoms with Gasteiger partial charge in [0.05, 0.1) is 0 Å². The molecule has 0 radical (unpaired) electrons. The van der Waals surface area contributed by atoms with Crippen molar-refractivity contribution in [2.75, 3.05) is 0 Å². The van der Waals surface area contributed by atoms with Gasteiger partial charge in [0.2, 0.25) is 0 Å². The van der Waals surface area contributed by atoms with Crippen LogP contribution in [0.15, 0.2) is 18.2 Å². The largest absolute Gasteiger partial charge is 0.294 e. The average Bonchev–Trinajstić information content (AvgIpc) is 2.33. The van der Waals surface area contributed by atoms with Crippen LogP contribution >= 0.6 is 11.6 Å². The molecule has 17 heavy (non-hydrogen) atoms. The Kier molecular flexibility index (Phi) is 3.88. The van der Waals surface area contributed by atoms with Crippen molar-refractivity contribution in [3.63, 3.8) is 0 Å². The highest BCUT2D eigenvalue weighted by molar-refractivity contribution is 6.31. The lowest BCUT2D eigenvalue weighted by atomic mass is 9.79. The molecule has 0 heterocycles. The standard InChI is InChI=1S/C15H19ClO/c1-10-6-8-12(9-7-10)15(17)13-4-3-5-14(16)11(13)2/h3-5,10,12H,6-9H2,1-2H3. The zero-order chi connectivity index (χ0) is 12.4. The Morgan fingerprint density at radius 1 is 1.24 bits per heavy atom. The molecule has 0 spiro atoms. The van der Waals surface area contributed by atoms with Gasteiger partial charge in [-0.25, -0.2) is 0 Å². The Bertz CT molecular complexity index is 417. The van der Waals surface area contributed by atoms with E-state index in [1.54, 1.807) is 0 Å². The molecular formula is C15H19ClO. The molecule has 0 amide bonds. The van der Waals surface area contributed by atoms with Crippen molar-refractivity contribution < 1.29 is 4.79 Å². The van der Waals surface area contributed by atoms with Gasteiger partial charge in [-0.15, -0.1) is 0 Å². The van der Waals surface area contributed by atoms with Crippen LogP contribution in [-0.4, -0.2) is 5.78 Å². The quantitative estimate of drug-likeness (QED) is 0.698. The molecule has 2 rings (SSSR count). The van der Waals surface area contributed by atoms with E-state index in [9.17, 15) is 4.79 Å². The molecule has 0 atom stereocenters. The third-order valence-corrected chi connectivity index (χ3v) is 4.33. The van der Waals surface area contributed by atoms with Crippen LogP contribution in [0, 0.1) is 18.8 Å². The molecule has 0 bridgehead atoms. The van der Waals surface area contributed by atoms with Crippen LogP contribution < -0.4 is 0 Å². The molecule has 0 aliphatic heterocycles. The molecule has 0 aromatic heterocycles. The van der Waals surface area contributed by atoms with E-state index >= 15 is 0 Å². The van der Waals surface area contributed by atoms with Crippen LogP contribution in [0.3, 0.4) is 0 Å². The number of halogens is 1. The lowest BCUT2D eigenvalue weighted by Crippen LogP contribution is -2.21. The van der Waals surface area contributed by atoms with Crippen molar-refractivity contribution in [3.8, 4) is 0 Å². The summed E-state index contributed by atoms with van der Waals surface area (Å²) in [6, 6.07) is 5.62. The van der Waals surface area contributed by atoms with Gasteiger partial charge in [0, 0.05) is 16.5 Å². The van der Waals surface area contributed by atoms with E-state index in [1.807, 2.05) is 25.1 Å². The predicted octanol–water partition coefficient (Wildman–Crippen LogP) is 4.66. The molecule has 0 unspecified atom stereocenters. The molecule has 0 N–H and O–H groups in total. The van der Waals surface area contributed by atoms with E-state index in [-0.39, 0.29) is 11.7 Å². The number of carbonyl (C=O) groups excluding carboxylic acids is 1. The Hall–Kier alpha value is -0.820. The van der Waals surface area contributed by atoms with Gasteiger partial charge in [-0.05, 0) is 37.3 Å². The van der Waals surface area contributed by atoms with Crippen molar-refractivity contribution in [1.82, 2.24) is 0 Å². The number of benzene rings is 1. The minimum absolute atomic E-state index is 0.211. The van der Waals surface area contributed by atoms with Crippen molar-refractivity contribution in [1.29, 1.82) is 0 Å². The van der Waals surface area contributed by atoms with Gasteiger partial charge >= 0.3 is 0 Å². The molecule has 92 valence electrons. The maximum atomic E-state index is 12.4. The maximum Gasteiger partial charge on any atom is 0.166 e. The molecule has 1 saturated carbocycles. The van der Waals surface area contributed by atoms with Crippen LogP contribution in [-0.2, 0) is 0 Å². The van der Waals surface area contributed by atoms with Gasteiger partial charge in [0.1, 0.15) is 0 Å². The summed E-state index contributed by atoms with van der Waals surface area (Å²) in [5.41, 5.74) is 1.75. The highest BCUT2D eigenvalue weighted by atomic mass is 35.5. The first-order valence-corrected chi connectivity index (χ1v) is 6.76. The number of hydrogen-bond acceptors (Lipinski definition) is 1. The third-order valence-electron chi connectivity index (χ3n) is 3.92. The molecule has 0 saturated heterocycles. The summed E-state index contributed by atoms with van der Waals surface area (Å²) in [4.78, 5) is 12.4. The Balaban J connectivity index is 2.17. The summed E-state index contributed by atoms with van der Waals surface area (Å²) in [7, 11) is 0. The minimum atomic E-state index is 0.211. The molecule has 1 aliphatic carbocycles. The minimum Gasteiger partial charge on any atom is -0.294 e. The van der Waals surface area contributed by atoms with Crippen molar-refractivity contribution in [2.45, 2.75) is 39.5 Å². The van der Waals surface area contributed by atoms with Crippen LogP contribution in [0.25, 0.3) is 0 Å². The second-order valence-corrected chi connectivity index (χ2v) is 5.64. The monoisotopic (exact) mass is 250 g/mol. The number of Topliss-reactive ketones (excluding diaryl/α,β-unsaturated/α-hetero) is 1. The summed E-state index contributed by atoms with van der Waals surface area (Å²) in [6.45, 7) is 4.20. The maximum absolute atomic E-state index is 12.4. The van der Waals surface area contributed by atoms with Gasteiger partial charge in [0.25, 0.3) is 0 Å². The van der Waals surface area contributed by atoms with Crippen molar-refractivity contribution in [3.05, 3.63) is 34.3 Å². The first-order valence-electron chi connectivity index (χ1n) is 6.39. The van der Waals surface area contributed by atoms with Crippen LogP contribution in [0.2, 0.25) is 5.02 Å². The van der Waals surface area contributed by atoms with Crippen LogP contribution in [0.5, 0.6) is 0 Å². The third kappa shape index (κ3) is 2.71. The van der Waals surface area contributed by atoms with E-state index in [2.05, 4.69) is 6.92 Å². The SMILES string of the molecule is Cc1c(Cl)cccc1C(=O)C1CCC(C)CC1. The fourth-order valence-electron chi connectivity index (χ4n) is 2.62. The molecule has 1 nitrogen and oxygen atoms in total. The molecular weight excluding hydrogens is 232 g/mol. The summed E-state index contributed by atoms with van der Waals surface area (Å²) in [5.74, 6) is 1.28. The van der Waals surface area contributed by atoms with Gasteiger partial charge in [-0.1, -0.05) is 43.5 Å². The van der Waals surface area contributed by atoms with Gasteiger partial charge in [0.15, 0.2) is 5.78 Å². The van der Waals surface area contributed by atoms with Gasteiger partial charge < -0.3 is 0 Å². The lowest BCUT2D eigenvalue weighted by Gasteiger charge is -2.25. The highest BCUT2D eigenvalue weighted by Crippen LogP contribution is 2.32. The average molecular weight is 251 g/mol. The Labute approximate surface area is 108 Å². The molecule has 1 aliphatic rings. The molecule has 1 fully saturated rings. The Morgan fingerprint density at radius 3 is 2.53 bits per heavy atom. The second-order valence-electron chi connectivity index (χ2n) is 5.23. The number of carbonyl (C=O) groups is 1. The van der Waals surface area contributed by atoms with E-state index < -0.39 is 0 Å². The summed E-state index contributed by atoms with van der Waals surface area (Å²) in [6.07, 6.45) is 4.42. The summed E-state index contributed by atoms with van der Waals surface area (Å²) < 4.78 is 0. The lowest BCUT2D eigenvalue weighted by molar-refractivity contribution is 0.0875. The van der Waals surface area contributed by atoms with E-state index in [0.29, 0.717) is 5.02 Å². The van der Waals surface area contributed by atoms with E-state index in [4.69, 9.17) is 11.6 Å². The number of hydrogen-bond donors (Lipinski definition) is 0. The first-order chi connectivity index (χ1) is 8.09. The fourth-order valence-corrected chi connectivity index (χ4v) is 2.79. The second kappa shape index (κ2) is 5.22. The predicted molar refractivity (Wildman–Crippen MR) is 71.6 cm³/mol. The summed E-state index contributed by atoms with van der Waals surface area (Å²) in [5, 5.41) is 0.694. The van der Waals surface area contributed by atoms with Crippen LogP contribution in [0.4, 0.5) is 0 Å². The zero-order valence-electron chi connectivity index (χ0n) is 10.5. The van der Waals surface area contributed by atoms with Gasteiger partial charge in [-0.3, -0.25) is 4.79 Å². The first kappa shape index (κ1) is 12.6. The fraction of sp³-hybridized carbons (Fsp3) is 0.533. The topological polar surface area (TPSA) is 17.1 Å². The van der Waals surface area contributed by atoms with Crippen LogP contribution in [0.1, 0.15) is 48.5 Å². The van der Waals surface area contributed by atoms with Gasteiger partial charge in [-0.2, -0.15) is 0 Å². The van der Waals surface area contributed by atoms with E-state index in [1.165, 1.54) is 12.8 Å². The smallest absolute Gasteiger partial charge is 0.166 e. The number of ketones is 1. The highest BCUT2D eigenvalue weighted by Gasteiger charge is 2.26. The molecule has 2 heteroatoms. The molecule has 1 aromatic carbocycles. The normalized spacial score (nSPS) is 24.6. The Morgan fingerprint density at radius 2 is 1.88 bits per heavy atom. The zero-order valence-corrected chi connectivity index (χ0v) is 11.3. The van der Waals surface area contributed by atoms with E-state index in [0.717, 1.165) is 29.9 Å². The van der Waals surface area contributed by atoms with Crippen molar-refractivity contribution >= 4 is 17.4 Å². The summed E-state index contributed by atoms with van der Waals surface area (Å²) >= 11 is 6.07. The number of rotatable bonds is 2.